The SMILES string of the molecule is CCC1CCN(C(=O)N2CCC(CCCC3CCN(CC)CC3)CC2)CC1. The Hall–Kier alpha value is -0.770. The third-order valence-electron chi connectivity index (χ3n) is 7.73. The van der Waals surface area contributed by atoms with Crippen LogP contribution >= 0.6 is 0 Å². The van der Waals surface area contributed by atoms with Crippen LogP contribution in [0, 0.1) is 17.8 Å². The van der Waals surface area contributed by atoms with Crippen LogP contribution in [0.25, 0.3) is 0 Å². The van der Waals surface area contributed by atoms with Gasteiger partial charge in [0, 0.05) is 26.2 Å². The molecule has 0 aliphatic carbocycles. The second-order valence-electron chi connectivity index (χ2n) is 9.36. The van der Waals surface area contributed by atoms with Crippen molar-refractivity contribution in [3.8, 4) is 0 Å². The van der Waals surface area contributed by atoms with Gasteiger partial charge in [-0.25, -0.2) is 4.79 Å². The van der Waals surface area contributed by atoms with E-state index in [1.54, 1.807) is 0 Å². The standard InChI is InChI=1S/C23H43N3O/c1-3-20-10-16-25(17-11-20)23(27)26-18-12-22(13-19-26)7-5-6-21-8-14-24(4-2)15-9-21/h20-22H,3-19H2,1-2H3. The highest BCUT2D eigenvalue weighted by Crippen LogP contribution is 2.28. The van der Waals surface area contributed by atoms with Gasteiger partial charge in [0.1, 0.15) is 0 Å². The Kier molecular flexibility index (Phi) is 8.29. The summed E-state index contributed by atoms with van der Waals surface area (Å²) < 4.78 is 0. The zero-order valence-electron chi connectivity index (χ0n) is 18.0. The highest BCUT2D eigenvalue weighted by Gasteiger charge is 2.28. The summed E-state index contributed by atoms with van der Waals surface area (Å²) in [5, 5.41) is 0. The van der Waals surface area contributed by atoms with Gasteiger partial charge in [-0.05, 0) is 75.9 Å². The van der Waals surface area contributed by atoms with E-state index >= 15 is 0 Å². The zero-order chi connectivity index (χ0) is 19.1. The van der Waals surface area contributed by atoms with Crippen LogP contribution in [0.2, 0.25) is 0 Å². The Morgan fingerprint density at radius 3 is 1.59 bits per heavy atom. The van der Waals surface area contributed by atoms with E-state index in [1.807, 2.05) is 0 Å². The number of carbonyl (C=O) groups is 1. The van der Waals surface area contributed by atoms with Crippen LogP contribution in [0.1, 0.15) is 78.1 Å². The van der Waals surface area contributed by atoms with E-state index in [4.69, 9.17) is 0 Å². The molecule has 0 saturated carbocycles. The smallest absolute Gasteiger partial charge is 0.319 e. The first-order valence-corrected chi connectivity index (χ1v) is 12.0. The van der Waals surface area contributed by atoms with Crippen LogP contribution in [-0.4, -0.2) is 66.5 Å². The molecule has 0 aromatic carbocycles. The summed E-state index contributed by atoms with van der Waals surface area (Å²) in [5.74, 6) is 2.67. The average molecular weight is 378 g/mol. The zero-order valence-corrected chi connectivity index (χ0v) is 18.0. The molecule has 0 bridgehead atoms. The van der Waals surface area contributed by atoms with E-state index in [-0.39, 0.29) is 0 Å². The molecule has 4 heteroatoms. The molecule has 0 spiro atoms. The Labute approximate surface area is 167 Å². The molecule has 3 aliphatic rings. The van der Waals surface area contributed by atoms with Crippen LogP contribution in [0.3, 0.4) is 0 Å². The lowest BCUT2D eigenvalue weighted by molar-refractivity contribution is 0.114. The molecule has 2 amide bonds. The maximum atomic E-state index is 12.8. The maximum Gasteiger partial charge on any atom is 0.319 e. The Morgan fingerprint density at radius 2 is 1.15 bits per heavy atom. The number of amides is 2. The van der Waals surface area contributed by atoms with Crippen LogP contribution in [0.5, 0.6) is 0 Å². The number of urea groups is 1. The van der Waals surface area contributed by atoms with E-state index < -0.39 is 0 Å². The predicted octanol–water partition coefficient (Wildman–Crippen LogP) is 4.84. The topological polar surface area (TPSA) is 26.8 Å². The van der Waals surface area contributed by atoms with Crippen LogP contribution < -0.4 is 0 Å². The molecular formula is C23H43N3O. The number of likely N-dealkylation sites (tertiary alicyclic amines) is 3. The number of rotatable bonds is 6. The quantitative estimate of drug-likeness (QED) is 0.662. The molecule has 3 rings (SSSR count). The van der Waals surface area contributed by atoms with Gasteiger partial charge in [0.2, 0.25) is 0 Å². The molecule has 27 heavy (non-hydrogen) atoms. The van der Waals surface area contributed by atoms with Gasteiger partial charge >= 0.3 is 6.03 Å². The fraction of sp³-hybridized carbons (Fsp3) is 0.957. The number of hydrogen-bond donors (Lipinski definition) is 0. The first kappa shape index (κ1) is 21.0. The van der Waals surface area contributed by atoms with Crippen molar-refractivity contribution in [2.24, 2.45) is 17.8 Å². The molecule has 0 unspecified atom stereocenters. The lowest BCUT2D eigenvalue weighted by Gasteiger charge is -2.38. The van der Waals surface area contributed by atoms with Crippen LogP contribution in [-0.2, 0) is 0 Å². The first-order valence-electron chi connectivity index (χ1n) is 12.0. The van der Waals surface area contributed by atoms with Crippen molar-refractivity contribution in [3.63, 3.8) is 0 Å². The van der Waals surface area contributed by atoms with Gasteiger partial charge in [-0.1, -0.05) is 39.5 Å². The van der Waals surface area contributed by atoms with Crippen molar-refractivity contribution in [1.29, 1.82) is 0 Å². The van der Waals surface area contributed by atoms with Gasteiger partial charge in [-0.15, -0.1) is 0 Å². The van der Waals surface area contributed by atoms with Gasteiger partial charge in [0.15, 0.2) is 0 Å². The number of nitrogens with zero attached hydrogens (tertiary/aromatic N) is 3. The predicted molar refractivity (Wildman–Crippen MR) is 113 cm³/mol. The second-order valence-corrected chi connectivity index (χ2v) is 9.36. The van der Waals surface area contributed by atoms with E-state index in [2.05, 4.69) is 28.5 Å². The van der Waals surface area contributed by atoms with Gasteiger partial charge in [0.05, 0.1) is 0 Å². The molecule has 0 N–H and O–H groups in total. The fourth-order valence-corrected chi connectivity index (χ4v) is 5.43. The van der Waals surface area contributed by atoms with Crippen molar-refractivity contribution in [3.05, 3.63) is 0 Å². The largest absolute Gasteiger partial charge is 0.325 e. The second kappa shape index (κ2) is 10.7. The molecular weight excluding hydrogens is 334 g/mol. The van der Waals surface area contributed by atoms with Crippen LogP contribution in [0.15, 0.2) is 0 Å². The normalized spacial score (nSPS) is 24.5. The monoisotopic (exact) mass is 377 g/mol. The molecule has 0 aromatic rings. The maximum absolute atomic E-state index is 12.8. The van der Waals surface area contributed by atoms with Gasteiger partial charge in [0.25, 0.3) is 0 Å². The molecule has 3 saturated heterocycles. The molecule has 3 fully saturated rings. The Balaban J connectivity index is 1.28. The molecule has 4 nitrogen and oxygen atoms in total. The molecule has 3 heterocycles. The summed E-state index contributed by atoms with van der Waals surface area (Å²) in [6.07, 6.45) is 13.2. The van der Waals surface area contributed by atoms with Gasteiger partial charge in [-0.3, -0.25) is 0 Å². The Morgan fingerprint density at radius 1 is 0.704 bits per heavy atom. The molecule has 0 radical (unpaired) electrons. The summed E-state index contributed by atoms with van der Waals surface area (Å²) in [5.41, 5.74) is 0. The van der Waals surface area contributed by atoms with E-state index in [0.29, 0.717) is 6.03 Å². The van der Waals surface area contributed by atoms with Crippen molar-refractivity contribution in [2.45, 2.75) is 78.1 Å². The van der Waals surface area contributed by atoms with E-state index in [0.717, 1.165) is 43.9 Å². The third-order valence-corrected chi connectivity index (χ3v) is 7.73. The summed E-state index contributed by atoms with van der Waals surface area (Å²) in [4.78, 5) is 19.6. The lowest BCUT2D eigenvalue weighted by Crippen LogP contribution is -2.49. The summed E-state index contributed by atoms with van der Waals surface area (Å²) in [7, 11) is 0. The number of piperidine rings is 3. The molecule has 3 aliphatic heterocycles. The van der Waals surface area contributed by atoms with E-state index in [9.17, 15) is 4.79 Å². The lowest BCUT2D eigenvalue weighted by atomic mass is 9.87. The van der Waals surface area contributed by atoms with Crippen molar-refractivity contribution < 1.29 is 4.79 Å². The molecule has 0 atom stereocenters. The summed E-state index contributed by atoms with van der Waals surface area (Å²) in [6.45, 7) is 12.4. The average Bonchev–Trinajstić information content (AvgIpc) is 2.74. The molecule has 156 valence electrons. The minimum absolute atomic E-state index is 0.325. The van der Waals surface area contributed by atoms with Gasteiger partial charge in [-0.2, -0.15) is 0 Å². The minimum atomic E-state index is 0.325. The van der Waals surface area contributed by atoms with Crippen molar-refractivity contribution >= 4 is 6.03 Å². The number of carbonyl (C=O) groups excluding carboxylic acids is 1. The van der Waals surface area contributed by atoms with Crippen LogP contribution in [0.4, 0.5) is 4.79 Å². The third kappa shape index (κ3) is 6.10. The number of hydrogen-bond acceptors (Lipinski definition) is 2. The fourth-order valence-electron chi connectivity index (χ4n) is 5.43. The van der Waals surface area contributed by atoms with Gasteiger partial charge < -0.3 is 14.7 Å². The molecule has 0 aromatic heterocycles. The summed E-state index contributed by atoms with van der Waals surface area (Å²) >= 11 is 0. The van der Waals surface area contributed by atoms with Crippen molar-refractivity contribution in [2.75, 3.05) is 45.8 Å². The highest BCUT2D eigenvalue weighted by atomic mass is 16.2. The minimum Gasteiger partial charge on any atom is -0.325 e. The van der Waals surface area contributed by atoms with Crippen molar-refractivity contribution in [1.82, 2.24) is 14.7 Å². The Bertz CT molecular complexity index is 431. The van der Waals surface area contributed by atoms with E-state index in [1.165, 1.54) is 83.8 Å². The highest BCUT2D eigenvalue weighted by molar-refractivity contribution is 5.74. The summed E-state index contributed by atoms with van der Waals surface area (Å²) in [6, 6.07) is 0.325. The first-order chi connectivity index (χ1) is 13.2.